The predicted octanol–water partition coefficient (Wildman–Crippen LogP) is 1.15. The predicted molar refractivity (Wildman–Crippen MR) is 78.3 cm³/mol. The first-order chi connectivity index (χ1) is 10.6. The minimum atomic E-state index is -3.46. The van der Waals surface area contributed by atoms with Crippen molar-refractivity contribution in [3.63, 3.8) is 0 Å². The Labute approximate surface area is 130 Å². The van der Waals surface area contributed by atoms with Crippen LogP contribution in [-0.2, 0) is 25.9 Å². The van der Waals surface area contributed by atoms with Gasteiger partial charge in [0, 0.05) is 32.4 Å². The minimum Gasteiger partial charge on any atom is -0.493 e. The van der Waals surface area contributed by atoms with Gasteiger partial charge in [-0.3, -0.25) is 0 Å². The highest BCUT2D eigenvalue weighted by atomic mass is 32.2. The Balaban J connectivity index is 1.54. The second kappa shape index (κ2) is 5.19. The average Bonchev–Trinajstić information content (AvgIpc) is 3.16. The van der Waals surface area contributed by atoms with Gasteiger partial charge in [-0.25, -0.2) is 8.42 Å². The summed E-state index contributed by atoms with van der Waals surface area (Å²) in [7, 11) is -3.46. The van der Waals surface area contributed by atoms with Crippen LogP contribution in [-0.4, -0.2) is 51.4 Å². The van der Waals surface area contributed by atoms with Gasteiger partial charge in [-0.1, -0.05) is 0 Å². The number of piperidine rings is 1. The van der Waals surface area contributed by atoms with E-state index in [-0.39, 0.29) is 0 Å². The van der Waals surface area contributed by atoms with Gasteiger partial charge in [-0.05, 0) is 23.8 Å². The average molecular weight is 325 g/mol. The summed E-state index contributed by atoms with van der Waals surface area (Å²) in [6.45, 7) is 2.67. The van der Waals surface area contributed by atoms with Crippen LogP contribution in [0.1, 0.15) is 18.4 Å². The number of hydrogen-bond donors (Lipinski definition) is 0. The molecular formula is C15H19NO5S. The molecule has 0 amide bonds. The van der Waals surface area contributed by atoms with Crippen LogP contribution < -0.4 is 4.74 Å². The quantitative estimate of drug-likeness (QED) is 0.816. The van der Waals surface area contributed by atoms with E-state index in [0.717, 1.165) is 17.7 Å². The van der Waals surface area contributed by atoms with Crippen LogP contribution in [0.2, 0.25) is 0 Å². The highest BCUT2D eigenvalue weighted by molar-refractivity contribution is 7.89. The summed E-state index contributed by atoms with van der Waals surface area (Å²) >= 11 is 0. The van der Waals surface area contributed by atoms with E-state index in [9.17, 15) is 8.42 Å². The molecule has 0 saturated carbocycles. The fraction of sp³-hybridized carbons (Fsp3) is 0.600. The van der Waals surface area contributed by atoms with Crippen molar-refractivity contribution in [3.8, 4) is 5.75 Å². The summed E-state index contributed by atoms with van der Waals surface area (Å²) in [5.41, 5.74) is 0.969. The van der Waals surface area contributed by atoms with E-state index in [1.165, 1.54) is 4.31 Å². The summed E-state index contributed by atoms with van der Waals surface area (Å²) in [6.07, 6.45) is 1.93. The molecule has 3 aliphatic rings. The Bertz CT molecular complexity index is 671. The molecule has 0 aromatic heterocycles. The summed E-state index contributed by atoms with van der Waals surface area (Å²) in [4.78, 5) is 0.348. The molecule has 120 valence electrons. The number of benzene rings is 1. The maximum atomic E-state index is 12.8. The minimum absolute atomic E-state index is 0.348. The van der Waals surface area contributed by atoms with Crippen molar-refractivity contribution in [3.05, 3.63) is 23.8 Å². The van der Waals surface area contributed by atoms with Crippen molar-refractivity contribution in [1.29, 1.82) is 0 Å². The standard InChI is InChI=1S/C15H19NO5S/c17-22(18,13-1-2-14-12(11-13)3-8-19-14)16-6-4-15(5-7-16)20-9-10-21-15/h1-2,11H,3-10H2. The Kier molecular flexibility index (Phi) is 3.41. The molecule has 4 rings (SSSR count). The fourth-order valence-corrected chi connectivity index (χ4v) is 4.82. The van der Waals surface area contributed by atoms with Crippen molar-refractivity contribution in [2.45, 2.75) is 29.9 Å². The van der Waals surface area contributed by atoms with Gasteiger partial charge in [-0.15, -0.1) is 0 Å². The van der Waals surface area contributed by atoms with Crippen LogP contribution >= 0.6 is 0 Å². The van der Waals surface area contributed by atoms with Crippen molar-refractivity contribution in [2.75, 3.05) is 32.9 Å². The Morgan fingerprint density at radius 1 is 1.05 bits per heavy atom. The Morgan fingerprint density at radius 2 is 1.77 bits per heavy atom. The van der Waals surface area contributed by atoms with Gasteiger partial charge in [0.1, 0.15) is 5.75 Å². The maximum Gasteiger partial charge on any atom is 0.243 e. The number of ether oxygens (including phenoxy) is 3. The van der Waals surface area contributed by atoms with Crippen LogP contribution in [0.3, 0.4) is 0 Å². The first-order valence-corrected chi connectivity index (χ1v) is 9.07. The van der Waals surface area contributed by atoms with Gasteiger partial charge in [-0.2, -0.15) is 4.31 Å². The summed E-state index contributed by atoms with van der Waals surface area (Å²) in [5.74, 6) is 0.238. The molecule has 0 aliphatic carbocycles. The van der Waals surface area contributed by atoms with Gasteiger partial charge in [0.15, 0.2) is 5.79 Å². The molecule has 0 N–H and O–H groups in total. The lowest BCUT2D eigenvalue weighted by molar-refractivity contribution is -0.179. The lowest BCUT2D eigenvalue weighted by atomic mass is 10.1. The second-order valence-corrected chi connectivity index (χ2v) is 7.82. The molecule has 3 aliphatic heterocycles. The monoisotopic (exact) mass is 325 g/mol. The van der Waals surface area contributed by atoms with E-state index >= 15 is 0 Å². The van der Waals surface area contributed by atoms with Gasteiger partial charge in [0.2, 0.25) is 10.0 Å². The molecule has 1 spiro atoms. The number of nitrogens with zero attached hydrogens (tertiary/aromatic N) is 1. The van der Waals surface area contributed by atoms with E-state index in [2.05, 4.69) is 0 Å². The smallest absolute Gasteiger partial charge is 0.243 e. The lowest BCUT2D eigenvalue weighted by Gasteiger charge is -2.36. The molecule has 0 radical (unpaired) electrons. The molecule has 7 heteroatoms. The van der Waals surface area contributed by atoms with Crippen molar-refractivity contribution >= 4 is 10.0 Å². The highest BCUT2D eigenvalue weighted by Gasteiger charge is 2.42. The number of fused-ring (bicyclic) bond motifs is 1. The molecule has 2 fully saturated rings. The zero-order valence-electron chi connectivity index (χ0n) is 12.3. The van der Waals surface area contributed by atoms with Crippen molar-refractivity contribution < 1.29 is 22.6 Å². The fourth-order valence-electron chi connectivity index (χ4n) is 3.33. The normalized spacial score (nSPS) is 24.4. The largest absolute Gasteiger partial charge is 0.493 e. The van der Waals surface area contributed by atoms with Gasteiger partial charge in [0.25, 0.3) is 0 Å². The third-order valence-corrected chi connectivity index (χ3v) is 6.49. The zero-order valence-corrected chi connectivity index (χ0v) is 13.1. The highest BCUT2D eigenvalue weighted by Crippen LogP contribution is 2.34. The van der Waals surface area contributed by atoms with E-state index in [1.807, 2.05) is 0 Å². The molecular weight excluding hydrogens is 306 g/mol. The number of rotatable bonds is 2. The van der Waals surface area contributed by atoms with E-state index in [4.69, 9.17) is 14.2 Å². The van der Waals surface area contributed by atoms with E-state index < -0.39 is 15.8 Å². The maximum absolute atomic E-state index is 12.8. The molecule has 0 unspecified atom stereocenters. The molecule has 1 aromatic rings. The third kappa shape index (κ3) is 2.32. The topological polar surface area (TPSA) is 65.1 Å². The van der Waals surface area contributed by atoms with Crippen LogP contribution in [0.5, 0.6) is 5.75 Å². The van der Waals surface area contributed by atoms with Crippen LogP contribution in [0.25, 0.3) is 0 Å². The van der Waals surface area contributed by atoms with Gasteiger partial charge in [0.05, 0.1) is 24.7 Å². The Hall–Kier alpha value is -1.15. The lowest BCUT2D eigenvalue weighted by Crippen LogP contribution is -2.47. The first kappa shape index (κ1) is 14.4. The van der Waals surface area contributed by atoms with Crippen molar-refractivity contribution in [2.24, 2.45) is 0 Å². The summed E-state index contributed by atoms with van der Waals surface area (Å²) in [6, 6.07) is 5.13. The van der Waals surface area contributed by atoms with Gasteiger partial charge >= 0.3 is 0 Å². The van der Waals surface area contributed by atoms with Crippen molar-refractivity contribution in [1.82, 2.24) is 4.31 Å². The zero-order chi connectivity index (χ0) is 15.2. The van der Waals surface area contributed by atoms with E-state index in [0.29, 0.717) is 50.6 Å². The van der Waals surface area contributed by atoms with E-state index in [1.54, 1.807) is 18.2 Å². The molecule has 1 aromatic carbocycles. The van der Waals surface area contributed by atoms with Gasteiger partial charge < -0.3 is 14.2 Å². The summed E-state index contributed by atoms with van der Waals surface area (Å²) in [5, 5.41) is 0. The second-order valence-electron chi connectivity index (χ2n) is 5.88. The summed E-state index contributed by atoms with van der Waals surface area (Å²) < 4.78 is 43.8. The molecule has 2 saturated heterocycles. The molecule has 22 heavy (non-hydrogen) atoms. The SMILES string of the molecule is O=S(=O)(c1ccc2c(c1)CCO2)N1CCC2(CC1)OCCO2. The van der Waals surface area contributed by atoms with Crippen LogP contribution in [0.15, 0.2) is 23.1 Å². The molecule has 6 nitrogen and oxygen atoms in total. The number of hydrogen-bond acceptors (Lipinski definition) is 5. The molecule has 0 bridgehead atoms. The molecule has 3 heterocycles. The number of sulfonamides is 1. The first-order valence-electron chi connectivity index (χ1n) is 7.63. The Morgan fingerprint density at radius 3 is 2.50 bits per heavy atom. The molecule has 0 atom stereocenters. The van der Waals surface area contributed by atoms with Crippen LogP contribution in [0, 0.1) is 0 Å². The van der Waals surface area contributed by atoms with Crippen LogP contribution in [0.4, 0.5) is 0 Å². The third-order valence-electron chi connectivity index (χ3n) is 4.60.